The zero-order chi connectivity index (χ0) is 10.4. The molecule has 5 heteroatoms. The van der Waals surface area contributed by atoms with Crippen molar-refractivity contribution in [3.63, 3.8) is 0 Å². The maximum Gasteiger partial charge on any atom is 0.125 e. The van der Waals surface area contributed by atoms with Crippen LogP contribution >= 0.6 is 0 Å². The fraction of sp³-hybridized carbons (Fsp3) is 0.444. The molecule has 0 radical (unpaired) electrons. The minimum atomic E-state index is -0.990. The van der Waals surface area contributed by atoms with E-state index in [2.05, 4.69) is 15.0 Å². The highest BCUT2D eigenvalue weighted by Gasteiger charge is 1.98. The lowest BCUT2D eigenvalue weighted by Gasteiger charge is -2.05. The smallest absolute Gasteiger partial charge is 0.125 e. The van der Waals surface area contributed by atoms with E-state index in [0.29, 0.717) is 5.75 Å². The van der Waals surface area contributed by atoms with Gasteiger partial charge in [0, 0.05) is 12.8 Å². The molecule has 0 aliphatic heterocycles. The second-order valence-corrected chi connectivity index (χ2v) is 4.14. The number of anilines is 2. The van der Waals surface area contributed by atoms with Crippen molar-refractivity contribution in [1.29, 1.82) is 0 Å². The van der Waals surface area contributed by atoms with Gasteiger partial charge < -0.3 is 10.0 Å². The summed E-state index contributed by atoms with van der Waals surface area (Å²) in [5.74, 6) is 1.46. The third-order valence-corrected chi connectivity index (χ3v) is 2.88. The summed E-state index contributed by atoms with van der Waals surface area (Å²) in [6, 6.07) is 3.69. The first-order valence-electron chi connectivity index (χ1n) is 4.55. The molecule has 1 atom stereocenters. The molecule has 1 rings (SSSR count). The van der Waals surface area contributed by atoms with Crippen LogP contribution in [0.1, 0.15) is 13.3 Å². The minimum absolute atomic E-state index is 0.660. The normalized spacial score (nSPS) is 12.1. The summed E-state index contributed by atoms with van der Waals surface area (Å²) in [7, 11) is 0.820. The summed E-state index contributed by atoms with van der Waals surface area (Å²) >= 11 is 0. The molecule has 2 N–H and O–H groups in total. The van der Waals surface area contributed by atoms with Gasteiger partial charge in [0.25, 0.3) is 0 Å². The van der Waals surface area contributed by atoms with Gasteiger partial charge in [-0.2, -0.15) is 0 Å². The molecule has 78 valence electrons. The van der Waals surface area contributed by atoms with Gasteiger partial charge in [-0.3, -0.25) is 0 Å². The number of rotatable bonds is 5. The van der Waals surface area contributed by atoms with Crippen molar-refractivity contribution >= 4 is 22.5 Å². The first-order valence-corrected chi connectivity index (χ1v) is 5.87. The molecular weight excluding hydrogens is 198 g/mol. The van der Waals surface area contributed by atoms with E-state index in [9.17, 15) is 4.21 Å². The van der Waals surface area contributed by atoms with E-state index in [4.69, 9.17) is 0 Å². The minimum Gasteiger partial charge on any atom is -0.373 e. The maximum absolute atomic E-state index is 11.3. The van der Waals surface area contributed by atoms with Gasteiger partial charge in [0.05, 0.1) is 11.9 Å². The quantitative estimate of drug-likeness (QED) is 0.781. The molecule has 0 aliphatic carbocycles. The Morgan fingerprint density at radius 1 is 1.50 bits per heavy atom. The Morgan fingerprint density at radius 3 is 2.79 bits per heavy atom. The van der Waals surface area contributed by atoms with E-state index >= 15 is 0 Å². The average Bonchev–Trinajstić information content (AvgIpc) is 2.19. The molecular formula is C9H15N3OS. The molecule has 1 aromatic rings. The Labute approximate surface area is 86.7 Å². The summed E-state index contributed by atoms with van der Waals surface area (Å²) in [6.07, 6.45) is 2.57. The first-order chi connectivity index (χ1) is 6.76. The Balaban J connectivity index is 2.55. The van der Waals surface area contributed by atoms with Crippen LogP contribution < -0.4 is 10.0 Å². The van der Waals surface area contributed by atoms with Crippen molar-refractivity contribution in [2.45, 2.75) is 13.3 Å². The van der Waals surface area contributed by atoms with Gasteiger partial charge in [0.15, 0.2) is 0 Å². The number of nitrogens with one attached hydrogen (secondary N) is 2. The number of hydrogen-bond donors (Lipinski definition) is 2. The standard InChI is InChI=1S/C9H15N3OS/c1-3-6-14(13)12-8-4-5-9(10-2)11-7-8/h4-5,7,12H,3,6H2,1-2H3,(H,10,11). The summed E-state index contributed by atoms with van der Waals surface area (Å²) in [5, 5.41) is 2.92. The van der Waals surface area contributed by atoms with Crippen molar-refractivity contribution < 1.29 is 4.21 Å². The third kappa shape index (κ3) is 3.33. The van der Waals surface area contributed by atoms with Crippen molar-refractivity contribution in [2.75, 3.05) is 22.8 Å². The molecule has 0 amide bonds. The van der Waals surface area contributed by atoms with Crippen molar-refractivity contribution in [2.24, 2.45) is 0 Å². The highest BCUT2D eigenvalue weighted by Crippen LogP contribution is 2.09. The fourth-order valence-corrected chi connectivity index (χ4v) is 1.83. The van der Waals surface area contributed by atoms with E-state index in [0.717, 1.165) is 17.9 Å². The molecule has 0 aliphatic rings. The lowest BCUT2D eigenvalue weighted by Crippen LogP contribution is -2.08. The number of aromatic nitrogens is 1. The average molecular weight is 213 g/mol. The van der Waals surface area contributed by atoms with Crippen LogP contribution in [0.4, 0.5) is 11.5 Å². The van der Waals surface area contributed by atoms with Gasteiger partial charge in [0.2, 0.25) is 0 Å². The molecule has 0 saturated carbocycles. The molecule has 0 saturated heterocycles. The largest absolute Gasteiger partial charge is 0.373 e. The Morgan fingerprint density at radius 2 is 2.29 bits per heavy atom. The first kappa shape index (κ1) is 11.0. The predicted molar refractivity (Wildman–Crippen MR) is 60.7 cm³/mol. The van der Waals surface area contributed by atoms with Crippen LogP contribution in [0.5, 0.6) is 0 Å². The summed E-state index contributed by atoms with van der Waals surface area (Å²) in [6.45, 7) is 2.00. The summed E-state index contributed by atoms with van der Waals surface area (Å²) in [4.78, 5) is 4.10. The predicted octanol–water partition coefficient (Wildman–Crippen LogP) is 1.61. The van der Waals surface area contributed by atoms with E-state index in [1.807, 2.05) is 26.1 Å². The molecule has 0 aromatic carbocycles. The zero-order valence-corrected chi connectivity index (χ0v) is 9.23. The zero-order valence-electron chi connectivity index (χ0n) is 8.41. The highest BCUT2D eigenvalue weighted by molar-refractivity contribution is 7.86. The van der Waals surface area contributed by atoms with Crippen LogP contribution in [0.2, 0.25) is 0 Å². The SMILES string of the molecule is CCCS(=O)Nc1ccc(NC)nc1. The van der Waals surface area contributed by atoms with Crippen molar-refractivity contribution in [3.8, 4) is 0 Å². The molecule has 1 heterocycles. The van der Waals surface area contributed by atoms with Crippen molar-refractivity contribution in [1.82, 2.24) is 4.98 Å². The van der Waals surface area contributed by atoms with Crippen LogP contribution in [-0.4, -0.2) is 22.0 Å². The molecule has 0 spiro atoms. The van der Waals surface area contributed by atoms with Crippen LogP contribution in [0.25, 0.3) is 0 Å². The summed E-state index contributed by atoms with van der Waals surface area (Å²) < 4.78 is 14.2. The third-order valence-electron chi connectivity index (χ3n) is 1.64. The van der Waals surface area contributed by atoms with Gasteiger partial charge in [0.1, 0.15) is 16.8 Å². The van der Waals surface area contributed by atoms with Gasteiger partial charge >= 0.3 is 0 Å². The lowest BCUT2D eigenvalue weighted by atomic mass is 10.4. The van der Waals surface area contributed by atoms with Crippen LogP contribution in [0.15, 0.2) is 18.3 Å². The molecule has 1 aromatic heterocycles. The van der Waals surface area contributed by atoms with E-state index in [-0.39, 0.29) is 0 Å². The van der Waals surface area contributed by atoms with Gasteiger partial charge in [-0.1, -0.05) is 6.92 Å². The van der Waals surface area contributed by atoms with E-state index in [1.165, 1.54) is 0 Å². The van der Waals surface area contributed by atoms with Gasteiger partial charge in [-0.25, -0.2) is 9.19 Å². The Hall–Kier alpha value is -1.10. The molecule has 14 heavy (non-hydrogen) atoms. The molecule has 0 fully saturated rings. The van der Waals surface area contributed by atoms with Gasteiger partial charge in [-0.15, -0.1) is 0 Å². The van der Waals surface area contributed by atoms with Crippen LogP contribution in [-0.2, 0) is 11.0 Å². The molecule has 1 unspecified atom stereocenters. The topological polar surface area (TPSA) is 54.0 Å². The second-order valence-electron chi connectivity index (χ2n) is 2.83. The number of nitrogens with zero attached hydrogens (tertiary/aromatic N) is 1. The highest BCUT2D eigenvalue weighted by atomic mass is 32.2. The summed E-state index contributed by atoms with van der Waals surface area (Å²) in [5.41, 5.74) is 0.788. The molecule has 0 bridgehead atoms. The fourth-order valence-electron chi connectivity index (χ4n) is 0.970. The second kappa shape index (κ2) is 5.59. The lowest BCUT2D eigenvalue weighted by molar-refractivity contribution is 0.685. The molecule has 4 nitrogen and oxygen atoms in total. The monoisotopic (exact) mass is 213 g/mol. The Bertz CT molecular complexity index is 299. The van der Waals surface area contributed by atoms with Crippen molar-refractivity contribution in [3.05, 3.63) is 18.3 Å². The number of pyridine rings is 1. The van der Waals surface area contributed by atoms with Gasteiger partial charge in [-0.05, 0) is 18.6 Å². The van der Waals surface area contributed by atoms with E-state index < -0.39 is 11.0 Å². The number of hydrogen-bond acceptors (Lipinski definition) is 3. The Kier molecular flexibility index (Phi) is 4.39. The maximum atomic E-state index is 11.3. The van der Waals surface area contributed by atoms with E-state index in [1.54, 1.807) is 6.20 Å². The van der Waals surface area contributed by atoms with Crippen LogP contribution in [0.3, 0.4) is 0 Å². The van der Waals surface area contributed by atoms with Crippen LogP contribution in [0, 0.1) is 0 Å².